The zero-order chi connectivity index (χ0) is 14.8. The average Bonchev–Trinajstić information content (AvgIpc) is 2.46. The van der Waals surface area contributed by atoms with E-state index in [9.17, 15) is 9.90 Å². The molecule has 1 aliphatic rings. The summed E-state index contributed by atoms with van der Waals surface area (Å²) in [5, 5.41) is 12.2. The molecule has 1 aliphatic heterocycles. The van der Waals surface area contributed by atoms with Crippen LogP contribution in [0.2, 0.25) is 0 Å². The number of aromatic hydroxyl groups is 1. The minimum atomic E-state index is -0.498. The molecule has 0 saturated carbocycles. The summed E-state index contributed by atoms with van der Waals surface area (Å²) in [4.78, 5) is 12.3. The summed E-state index contributed by atoms with van der Waals surface area (Å²) in [6.07, 6.45) is 0.982. The van der Waals surface area contributed by atoms with E-state index in [1.807, 2.05) is 19.1 Å². The largest absolute Gasteiger partial charge is 0.508 e. The highest BCUT2D eigenvalue weighted by Gasteiger charge is 2.26. The third-order valence-electron chi connectivity index (χ3n) is 3.57. The highest BCUT2D eigenvalue weighted by molar-refractivity contribution is 5.94. The van der Waals surface area contributed by atoms with Gasteiger partial charge in [0.25, 0.3) is 5.91 Å². The molecule has 0 bridgehead atoms. The highest BCUT2D eigenvalue weighted by Crippen LogP contribution is 2.29. The zero-order valence-corrected chi connectivity index (χ0v) is 11.8. The number of benzene rings is 2. The second-order valence-corrected chi connectivity index (χ2v) is 5.30. The van der Waals surface area contributed by atoms with Gasteiger partial charge in [0.15, 0.2) is 6.10 Å². The number of phenols is 1. The van der Waals surface area contributed by atoms with Crippen molar-refractivity contribution in [1.29, 1.82) is 0 Å². The molecule has 3 rings (SSSR count). The van der Waals surface area contributed by atoms with Crippen LogP contribution in [0.15, 0.2) is 42.5 Å². The van der Waals surface area contributed by atoms with Crippen molar-refractivity contribution in [2.24, 2.45) is 0 Å². The summed E-state index contributed by atoms with van der Waals surface area (Å²) >= 11 is 0. The van der Waals surface area contributed by atoms with Gasteiger partial charge in [0.1, 0.15) is 11.5 Å². The lowest BCUT2D eigenvalue weighted by Crippen LogP contribution is -2.35. The van der Waals surface area contributed by atoms with Crippen molar-refractivity contribution in [2.75, 3.05) is 5.32 Å². The van der Waals surface area contributed by atoms with Crippen LogP contribution in [-0.4, -0.2) is 17.1 Å². The Kier molecular flexibility index (Phi) is 3.52. The molecule has 4 nitrogen and oxygen atoms in total. The number of hydrogen-bond donors (Lipinski definition) is 2. The summed E-state index contributed by atoms with van der Waals surface area (Å²) < 4.78 is 5.80. The Morgan fingerprint density at radius 2 is 2.14 bits per heavy atom. The third-order valence-corrected chi connectivity index (χ3v) is 3.57. The zero-order valence-electron chi connectivity index (χ0n) is 11.8. The molecular weight excluding hydrogens is 266 g/mol. The highest BCUT2D eigenvalue weighted by atomic mass is 16.5. The van der Waals surface area contributed by atoms with Crippen molar-refractivity contribution in [3.63, 3.8) is 0 Å². The van der Waals surface area contributed by atoms with E-state index in [1.54, 1.807) is 18.2 Å². The number of rotatable bonds is 2. The summed E-state index contributed by atoms with van der Waals surface area (Å²) in [6, 6.07) is 12.6. The Bertz CT molecular complexity index is 681. The van der Waals surface area contributed by atoms with E-state index in [2.05, 4.69) is 11.4 Å². The summed E-state index contributed by atoms with van der Waals surface area (Å²) in [5.41, 5.74) is 2.82. The fourth-order valence-electron chi connectivity index (χ4n) is 2.47. The van der Waals surface area contributed by atoms with Gasteiger partial charge < -0.3 is 15.2 Å². The molecule has 1 amide bonds. The molecule has 0 radical (unpaired) electrons. The fourth-order valence-corrected chi connectivity index (χ4v) is 2.47. The predicted molar refractivity (Wildman–Crippen MR) is 80.7 cm³/mol. The van der Waals surface area contributed by atoms with Gasteiger partial charge in [-0.3, -0.25) is 4.79 Å². The Hall–Kier alpha value is -2.49. The smallest absolute Gasteiger partial charge is 0.265 e. The number of aryl methyl sites for hydroxylation is 2. The van der Waals surface area contributed by atoms with Gasteiger partial charge in [0.2, 0.25) is 0 Å². The number of carbonyl (C=O) groups excluding carboxylic acids is 1. The molecule has 0 spiro atoms. The van der Waals surface area contributed by atoms with E-state index >= 15 is 0 Å². The van der Waals surface area contributed by atoms with E-state index in [4.69, 9.17) is 4.74 Å². The van der Waals surface area contributed by atoms with Crippen LogP contribution in [0.1, 0.15) is 17.5 Å². The lowest BCUT2D eigenvalue weighted by atomic mass is 10.0. The number of anilines is 1. The minimum Gasteiger partial charge on any atom is -0.508 e. The second kappa shape index (κ2) is 5.48. The number of amides is 1. The topological polar surface area (TPSA) is 58.6 Å². The molecule has 2 aromatic rings. The summed E-state index contributed by atoms with van der Waals surface area (Å²) in [5.74, 6) is 0.725. The average molecular weight is 283 g/mol. The summed E-state index contributed by atoms with van der Waals surface area (Å²) in [6.45, 7) is 2.00. The van der Waals surface area contributed by atoms with Crippen LogP contribution in [-0.2, 0) is 11.2 Å². The Morgan fingerprint density at radius 1 is 1.29 bits per heavy atom. The van der Waals surface area contributed by atoms with Crippen LogP contribution in [0.25, 0.3) is 0 Å². The minimum absolute atomic E-state index is 0.123. The van der Waals surface area contributed by atoms with Crippen LogP contribution in [0.5, 0.6) is 11.5 Å². The maximum Gasteiger partial charge on any atom is 0.265 e. The van der Waals surface area contributed by atoms with E-state index in [-0.39, 0.29) is 11.7 Å². The van der Waals surface area contributed by atoms with Crippen LogP contribution >= 0.6 is 0 Å². The fraction of sp³-hybridized carbons (Fsp3) is 0.235. The molecule has 0 aromatic heterocycles. The number of hydrogen-bond acceptors (Lipinski definition) is 3. The van der Waals surface area contributed by atoms with Gasteiger partial charge in [-0.15, -0.1) is 0 Å². The first kappa shape index (κ1) is 13.5. The van der Waals surface area contributed by atoms with Gasteiger partial charge >= 0.3 is 0 Å². The quantitative estimate of drug-likeness (QED) is 0.890. The number of phenolic OH excluding ortho intramolecular Hbond substituents is 1. The van der Waals surface area contributed by atoms with Crippen LogP contribution < -0.4 is 10.1 Å². The SMILES string of the molecule is Cc1ccc2c(c1)OC(C(=O)Nc1cccc(O)c1)CC2. The molecule has 0 saturated heterocycles. The molecule has 2 N–H and O–H groups in total. The maximum absolute atomic E-state index is 12.3. The van der Waals surface area contributed by atoms with Gasteiger partial charge in [-0.2, -0.15) is 0 Å². The number of ether oxygens (including phenoxy) is 1. The van der Waals surface area contributed by atoms with Crippen molar-refractivity contribution in [3.8, 4) is 11.5 Å². The Morgan fingerprint density at radius 3 is 2.95 bits per heavy atom. The molecule has 0 fully saturated rings. The normalized spacial score (nSPS) is 16.7. The molecule has 1 unspecified atom stereocenters. The van der Waals surface area contributed by atoms with E-state index in [1.165, 1.54) is 6.07 Å². The third kappa shape index (κ3) is 2.99. The molecule has 21 heavy (non-hydrogen) atoms. The van der Waals surface area contributed by atoms with Crippen LogP contribution in [0.4, 0.5) is 5.69 Å². The molecule has 1 heterocycles. The lowest BCUT2D eigenvalue weighted by Gasteiger charge is -2.25. The number of carbonyl (C=O) groups is 1. The van der Waals surface area contributed by atoms with Crippen LogP contribution in [0.3, 0.4) is 0 Å². The first-order chi connectivity index (χ1) is 10.1. The first-order valence-corrected chi connectivity index (χ1v) is 6.98. The van der Waals surface area contributed by atoms with E-state index in [0.717, 1.165) is 23.3 Å². The van der Waals surface area contributed by atoms with Crippen LogP contribution in [0, 0.1) is 6.92 Å². The number of fused-ring (bicyclic) bond motifs is 1. The van der Waals surface area contributed by atoms with Crippen molar-refractivity contribution in [1.82, 2.24) is 0 Å². The van der Waals surface area contributed by atoms with Gasteiger partial charge in [0, 0.05) is 11.8 Å². The van der Waals surface area contributed by atoms with E-state index < -0.39 is 6.10 Å². The summed E-state index contributed by atoms with van der Waals surface area (Å²) in [7, 11) is 0. The van der Waals surface area contributed by atoms with Gasteiger partial charge in [-0.25, -0.2) is 0 Å². The number of nitrogens with one attached hydrogen (secondary N) is 1. The molecular formula is C17H17NO3. The molecule has 108 valence electrons. The van der Waals surface area contributed by atoms with Crippen molar-refractivity contribution in [3.05, 3.63) is 53.6 Å². The Balaban J connectivity index is 1.72. The molecule has 4 heteroatoms. The molecule has 0 aliphatic carbocycles. The monoisotopic (exact) mass is 283 g/mol. The van der Waals surface area contributed by atoms with Crippen molar-refractivity contribution in [2.45, 2.75) is 25.9 Å². The van der Waals surface area contributed by atoms with Gasteiger partial charge in [-0.1, -0.05) is 18.2 Å². The van der Waals surface area contributed by atoms with Crippen molar-refractivity contribution >= 4 is 11.6 Å². The molecule has 2 aromatic carbocycles. The second-order valence-electron chi connectivity index (χ2n) is 5.30. The standard InChI is InChI=1S/C17H17NO3/c1-11-5-6-12-7-8-15(21-16(12)9-11)17(20)18-13-3-2-4-14(19)10-13/h2-6,9-10,15,19H,7-8H2,1H3,(H,18,20). The lowest BCUT2D eigenvalue weighted by molar-refractivity contribution is -0.123. The van der Waals surface area contributed by atoms with Gasteiger partial charge in [0.05, 0.1) is 0 Å². The maximum atomic E-state index is 12.3. The van der Waals surface area contributed by atoms with Gasteiger partial charge in [-0.05, 0) is 49.1 Å². The Labute approximate surface area is 123 Å². The van der Waals surface area contributed by atoms with E-state index in [0.29, 0.717) is 12.1 Å². The van der Waals surface area contributed by atoms with Crippen molar-refractivity contribution < 1.29 is 14.6 Å². The molecule has 1 atom stereocenters. The first-order valence-electron chi connectivity index (χ1n) is 6.98. The predicted octanol–water partition coefficient (Wildman–Crippen LogP) is 3.03.